The van der Waals surface area contributed by atoms with Crippen LogP contribution < -0.4 is 0 Å². The third-order valence-electron chi connectivity index (χ3n) is 2.62. The molecule has 0 nitrogen and oxygen atoms in total. The van der Waals surface area contributed by atoms with Crippen molar-refractivity contribution in [3.8, 4) is 0 Å². The van der Waals surface area contributed by atoms with Crippen molar-refractivity contribution in [1.29, 1.82) is 0 Å². The van der Waals surface area contributed by atoms with Crippen LogP contribution in [0.1, 0.15) is 16.5 Å². The second-order valence-electron chi connectivity index (χ2n) is 3.94. The van der Waals surface area contributed by atoms with E-state index < -0.39 is 0 Å². The van der Waals surface area contributed by atoms with E-state index in [0.29, 0.717) is 16.5 Å². The van der Waals surface area contributed by atoms with Gasteiger partial charge >= 0.3 is 0 Å². The lowest BCUT2D eigenvalue weighted by molar-refractivity contribution is 0.919. The fraction of sp³-hybridized carbons (Fsp3) is 0.143. The van der Waals surface area contributed by atoms with E-state index in [4.69, 9.17) is 34.8 Å². The van der Waals surface area contributed by atoms with Crippen LogP contribution in [0.5, 0.6) is 0 Å². The maximum Gasteiger partial charge on any atom is 0.0654 e. The first-order chi connectivity index (χ1) is 8.58. The molecule has 0 saturated carbocycles. The number of hydrogen-bond acceptors (Lipinski definition) is 0. The van der Waals surface area contributed by atoms with E-state index in [1.54, 1.807) is 12.1 Å². The minimum absolute atomic E-state index is 0.236. The normalized spacial score (nSPS) is 12.4. The van der Waals surface area contributed by atoms with Crippen LogP contribution in [0.25, 0.3) is 0 Å². The zero-order valence-electron chi connectivity index (χ0n) is 9.34. The molecule has 0 bridgehead atoms. The largest absolute Gasteiger partial charge is 0.117 e. The molecule has 4 heteroatoms. The summed E-state index contributed by atoms with van der Waals surface area (Å²) < 4.78 is 1.04. The Morgan fingerprint density at radius 3 is 2.22 bits per heavy atom. The molecule has 94 valence electrons. The highest BCUT2D eigenvalue weighted by molar-refractivity contribution is 9.10. The predicted molar refractivity (Wildman–Crippen MR) is 82.9 cm³/mol. The molecule has 0 amide bonds. The summed E-state index contributed by atoms with van der Waals surface area (Å²) in [4.78, 5) is 0. The summed E-state index contributed by atoms with van der Waals surface area (Å²) >= 11 is 22.1. The minimum Gasteiger partial charge on any atom is -0.117 e. The van der Waals surface area contributed by atoms with E-state index in [9.17, 15) is 0 Å². The lowest BCUT2D eigenvalue weighted by Gasteiger charge is -2.13. The molecule has 2 aromatic rings. The van der Waals surface area contributed by atoms with Crippen LogP contribution in [0, 0.1) is 0 Å². The molecule has 2 rings (SSSR count). The Labute approximate surface area is 130 Å². The molecule has 0 aliphatic heterocycles. The van der Waals surface area contributed by atoms with Crippen molar-refractivity contribution in [2.75, 3.05) is 0 Å². The van der Waals surface area contributed by atoms with Crippen LogP contribution >= 0.6 is 50.7 Å². The molecular formula is C14H10BrCl3. The quantitative estimate of drug-likeness (QED) is 0.562. The molecule has 0 spiro atoms. The van der Waals surface area contributed by atoms with Gasteiger partial charge in [-0.25, -0.2) is 0 Å². The number of benzene rings is 2. The highest BCUT2D eigenvalue weighted by Crippen LogP contribution is 2.36. The minimum atomic E-state index is -0.236. The topological polar surface area (TPSA) is 0 Å². The Hall–Kier alpha value is -0.210. The maximum absolute atomic E-state index is 6.42. The standard InChI is InChI=1S/C14H10BrCl3/c15-10-4-1-3-9(7-10)8-13(18)14-11(16)5-2-6-12(14)17/h1-7,13H,8H2. The summed E-state index contributed by atoms with van der Waals surface area (Å²) in [7, 11) is 0. The SMILES string of the molecule is Clc1cccc(Cl)c1C(Cl)Cc1cccc(Br)c1. The summed E-state index contributed by atoms with van der Waals surface area (Å²) in [6.45, 7) is 0. The first-order valence-electron chi connectivity index (χ1n) is 5.40. The zero-order valence-corrected chi connectivity index (χ0v) is 13.2. The van der Waals surface area contributed by atoms with Crippen molar-refractivity contribution in [2.45, 2.75) is 11.8 Å². The average Bonchev–Trinajstić information content (AvgIpc) is 2.28. The van der Waals surface area contributed by atoms with Crippen molar-refractivity contribution >= 4 is 50.7 Å². The van der Waals surface area contributed by atoms with Crippen molar-refractivity contribution in [3.63, 3.8) is 0 Å². The van der Waals surface area contributed by atoms with Gasteiger partial charge < -0.3 is 0 Å². The first-order valence-corrected chi connectivity index (χ1v) is 7.39. The van der Waals surface area contributed by atoms with Gasteiger partial charge in [0.15, 0.2) is 0 Å². The van der Waals surface area contributed by atoms with Gasteiger partial charge in [0.05, 0.1) is 5.38 Å². The van der Waals surface area contributed by atoms with E-state index >= 15 is 0 Å². The fourth-order valence-corrected chi connectivity index (χ4v) is 3.42. The molecule has 0 fully saturated rings. The molecule has 1 unspecified atom stereocenters. The highest BCUT2D eigenvalue weighted by atomic mass is 79.9. The van der Waals surface area contributed by atoms with Gasteiger partial charge in [0.2, 0.25) is 0 Å². The van der Waals surface area contributed by atoms with Gasteiger partial charge in [0, 0.05) is 20.1 Å². The van der Waals surface area contributed by atoms with Crippen LogP contribution in [-0.4, -0.2) is 0 Å². The van der Waals surface area contributed by atoms with Gasteiger partial charge in [-0.15, -0.1) is 11.6 Å². The third kappa shape index (κ3) is 3.42. The molecule has 0 aliphatic carbocycles. The summed E-state index contributed by atoms with van der Waals surface area (Å²) in [6.07, 6.45) is 0.685. The second-order valence-corrected chi connectivity index (χ2v) is 6.19. The molecule has 0 saturated heterocycles. The van der Waals surface area contributed by atoms with Crippen LogP contribution in [0.15, 0.2) is 46.9 Å². The molecule has 2 aromatic carbocycles. The van der Waals surface area contributed by atoms with E-state index in [1.807, 2.05) is 30.3 Å². The van der Waals surface area contributed by atoms with Gasteiger partial charge in [0.1, 0.15) is 0 Å². The van der Waals surface area contributed by atoms with Crippen LogP contribution in [0.2, 0.25) is 10.0 Å². The Balaban J connectivity index is 2.25. The second kappa shape index (κ2) is 6.29. The maximum atomic E-state index is 6.42. The lowest BCUT2D eigenvalue weighted by atomic mass is 10.0. The van der Waals surface area contributed by atoms with Crippen LogP contribution in [0.3, 0.4) is 0 Å². The molecule has 0 radical (unpaired) electrons. The molecule has 0 aliphatic rings. The van der Waals surface area contributed by atoms with Crippen LogP contribution in [0.4, 0.5) is 0 Å². The summed E-state index contributed by atoms with van der Waals surface area (Å²) in [5.41, 5.74) is 1.93. The monoisotopic (exact) mass is 362 g/mol. The van der Waals surface area contributed by atoms with E-state index in [1.165, 1.54) is 0 Å². The van der Waals surface area contributed by atoms with Crippen LogP contribution in [-0.2, 0) is 6.42 Å². The molecule has 1 atom stereocenters. The predicted octanol–water partition coefficient (Wildman–Crippen LogP) is 6.28. The van der Waals surface area contributed by atoms with Crippen molar-refractivity contribution < 1.29 is 0 Å². The zero-order chi connectivity index (χ0) is 13.1. The molecule has 0 heterocycles. The average molecular weight is 364 g/mol. The lowest BCUT2D eigenvalue weighted by Crippen LogP contribution is -1.98. The van der Waals surface area contributed by atoms with E-state index in [2.05, 4.69) is 15.9 Å². The Morgan fingerprint density at radius 1 is 1.00 bits per heavy atom. The molecule has 0 N–H and O–H groups in total. The van der Waals surface area contributed by atoms with Crippen molar-refractivity contribution in [3.05, 3.63) is 68.1 Å². The third-order valence-corrected chi connectivity index (χ3v) is 4.14. The molecule has 18 heavy (non-hydrogen) atoms. The van der Waals surface area contributed by atoms with Crippen molar-refractivity contribution in [2.24, 2.45) is 0 Å². The van der Waals surface area contributed by atoms with E-state index in [-0.39, 0.29) is 5.38 Å². The smallest absolute Gasteiger partial charge is 0.0654 e. The first kappa shape index (κ1) is 14.2. The number of hydrogen-bond donors (Lipinski definition) is 0. The summed E-state index contributed by atoms with van der Waals surface area (Å²) in [5, 5.41) is 0.982. The summed E-state index contributed by atoms with van der Waals surface area (Å²) in [6, 6.07) is 13.5. The fourth-order valence-electron chi connectivity index (χ4n) is 1.78. The van der Waals surface area contributed by atoms with Gasteiger partial charge in [-0.05, 0) is 36.2 Å². The van der Waals surface area contributed by atoms with Crippen molar-refractivity contribution in [1.82, 2.24) is 0 Å². The van der Waals surface area contributed by atoms with Gasteiger partial charge in [-0.3, -0.25) is 0 Å². The number of halogens is 4. The Morgan fingerprint density at radius 2 is 1.61 bits per heavy atom. The Bertz CT molecular complexity index is 534. The molecular weight excluding hydrogens is 354 g/mol. The number of alkyl halides is 1. The number of rotatable bonds is 3. The highest BCUT2D eigenvalue weighted by Gasteiger charge is 2.16. The van der Waals surface area contributed by atoms with Gasteiger partial charge in [-0.1, -0.05) is 57.3 Å². The summed E-state index contributed by atoms with van der Waals surface area (Å²) in [5.74, 6) is 0. The van der Waals surface area contributed by atoms with Gasteiger partial charge in [-0.2, -0.15) is 0 Å². The molecule has 0 aromatic heterocycles. The van der Waals surface area contributed by atoms with E-state index in [0.717, 1.165) is 15.6 Å². The van der Waals surface area contributed by atoms with Gasteiger partial charge in [0.25, 0.3) is 0 Å². The Kier molecular flexibility index (Phi) is 4.97.